The molecule has 2 fully saturated rings. The van der Waals surface area contributed by atoms with E-state index in [0.29, 0.717) is 18.4 Å². The first-order valence-corrected chi connectivity index (χ1v) is 17.7. The summed E-state index contributed by atoms with van der Waals surface area (Å²) in [6, 6.07) is -1.40. The molecule has 52 heavy (non-hydrogen) atoms. The third-order valence-electron chi connectivity index (χ3n) is 9.35. The van der Waals surface area contributed by atoms with Crippen molar-refractivity contribution in [3.05, 3.63) is 29.8 Å². The third kappa shape index (κ3) is 10.6. The number of aromatic hydroxyl groups is 1. The number of carbonyl (C=O) groups excluding carboxylic acids is 7. The Morgan fingerprint density at radius 3 is 1.87 bits per heavy atom. The molecule has 0 bridgehead atoms. The summed E-state index contributed by atoms with van der Waals surface area (Å²) in [6.45, 7) is 10.2. The molecule has 17 nitrogen and oxygen atoms in total. The lowest BCUT2D eigenvalue weighted by Crippen LogP contribution is -2.61. The van der Waals surface area contributed by atoms with Crippen molar-refractivity contribution in [2.45, 2.75) is 116 Å². The Hall–Kier alpha value is -4.77. The number of phenols is 1. The summed E-state index contributed by atoms with van der Waals surface area (Å²) in [5.74, 6) is -4.97. The highest BCUT2D eigenvalue weighted by molar-refractivity contribution is 5.98. The molecule has 2 aliphatic heterocycles. The van der Waals surface area contributed by atoms with Crippen LogP contribution >= 0.6 is 0 Å². The molecular formula is C35H54N8O9. The molecule has 288 valence electrons. The van der Waals surface area contributed by atoms with Crippen molar-refractivity contribution in [2.75, 3.05) is 13.1 Å². The number of carbonyl (C=O) groups is 7. The van der Waals surface area contributed by atoms with Crippen LogP contribution in [0.2, 0.25) is 0 Å². The molecule has 8 atom stereocenters. The number of amides is 7. The maximum absolute atomic E-state index is 13.7. The molecule has 0 aliphatic carbocycles. The number of hydrogen-bond donors (Lipinski definition) is 8. The highest BCUT2D eigenvalue weighted by Gasteiger charge is 2.43. The fourth-order valence-corrected chi connectivity index (χ4v) is 6.28. The molecule has 2 heterocycles. The first kappa shape index (κ1) is 41.6. The Morgan fingerprint density at radius 2 is 1.35 bits per heavy atom. The second-order valence-corrected chi connectivity index (χ2v) is 14.4. The third-order valence-corrected chi connectivity index (χ3v) is 9.35. The van der Waals surface area contributed by atoms with E-state index in [1.165, 1.54) is 35.8 Å². The van der Waals surface area contributed by atoms with Crippen LogP contribution in [0, 0.1) is 11.8 Å². The van der Waals surface area contributed by atoms with Gasteiger partial charge in [-0.1, -0.05) is 39.8 Å². The highest BCUT2D eigenvalue weighted by atomic mass is 16.3. The molecule has 0 saturated carbocycles. The second kappa shape index (κ2) is 18.1. The number of likely N-dealkylation sites (tertiary alicyclic amines) is 2. The van der Waals surface area contributed by atoms with Gasteiger partial charge in [0.15, 0.2) is 0 Å². The summed E-state index contributed by atoms with van der Waals surface area (Å²) in [5.41, 5.74) is 11.8. The molecule has 2 saturated heterocycles. The van der Waals surface area contributed by atoms with Crippen molar-refractivity contribution < 1.29 is 43.8 Å². The lowest BCUT2D eigenvalue weighted by atomic mass is 10.0. The zero-order chi connectivity index (χ0) is 39.0. The van der Waals surface area contributed by atoms with Gasteiger partial charge in [-0.3, -0.25) is 33.6 Å². The van der Waals surface area contributed by atoms with Crippen LogP contribution in [0.1, 0.15) is 66.4 Å². The summed E-state index contributed by atoms with van der Waals surface area (Å²) in [5, 5.41) is 30.7. The standard InChI is InChI=1S/C35H54N8O9/c1-17(2)15-25(30(47)38-19(5)29(37)46)43-14-12-24(35(43)52)39-32(49)27(18(3)4)40-33(50)28(20(6)44)41-31(48)26(42-13-11-23(36)34(42)51)16-21-7-9-22(45)10-8-21/h7-10,17-20,23-28,44-45H,11-16,36H2,1-6H3,(H2,37,46)(H,38,47)(H,39,49)(H,40,50)(H,41,48)/t19-,20-,23-,24-,25-,26-,27-,28-/m1/s1. The van der Waals surface area contributed by atoms with E-state index in [4.69, 9.17) is 11.5 Å². The number of benzene rings is 1. The molecule has 1 aromatic rings. The summed E-state index contributed by atoms with van der Waals surface area (Å²) in [6.07, 6.45) is -0.576. The Labute approximate surface area is 303 Å². The molecule has 0 spiro atoms. The number of phenolic OH excluding ortho intramolecular Hbond substituents is 1. The van der Waals surface area contributed by atoms with Gasteiger partial charge in [0.1, 0.15) is 42.0 Å². The second-order valence-electron chi connectivity index (χ2n) is 14.4. The van der Waals surface area contributed by atoms with Crippen molar-refractivity contribution in [1.29, 1.82) is 0 Å². The quantitative estimate of drug-likeness (QED) is 0.0873. The van der Waals surface area contributed by atoms with Crippen LogP contribution in [0.4, 0.5) is 0 Å². The highest BCUT2D eigenvalue weighted by Crippen LogP contribution is 2.22. The van der Waals surface area contributed by atoms with Crippen LogP contribution in [0.5, 0.6) is 5.75 Å². The average molecular weight is 731 g/mol. The monoisotopic (exact) mass is 730 g/mol. The minimum atomic E-state index is -1.53. The fourth-order valence-electron chi connectivity index (χ4n) is 6.28. The van der Waals surface area contributed by atoms with E-state index < -0.39 is 95.7 Å². The zero-order valence-electron chi connectivity index (χ0n) is 30.6. The number of hydrogen-bond acceptors (Lipinski definition) is 10. The predicted octanol–water partition coefficient (Wildman–Crippen LogP) is -2.01. The van der Waals surface area contributed by atoms with Crippen LogP contribution in [0.3, 0.4) is 0 Å². The van der Waals surface area contributed by atoms with Crippen LogP contribution in [-0.2, 0) is 40.0 Å². The molecule has 10 N–H and O–H groups in total. The minimum absolute atomic E-state index is 0.0143. The smallest absolute Gasteiger partial charge is 0.245 e. The molecule has 3 rings (SSSR count). The number of nitrogens with zero attached hydrogens (tertiary/aromatic N) is 2. The van der Waals surface area contributed by atoms with Gasteiger partial charge in [0.2, 0.25) is 41.4 Å². The Kier molecular flexibility index (Phi) is 14.5. The van der Waals surface area contributed by atoms with Gasteiger partial charge in [-0.15, -0.1) is 0 Å². The van der Waals surface area contributed by atoms with Crippen LogP contribution < -0.4 is 32.7 Å². The molecule has 0 radical (unpaired) electrons. The minimum Gasteiger partial charge on any atom is -0.508 e. The van der Waals surface area contributed by atoms with Gasteiger partial charge >= 0.3 is 0 Å². The Morgan fingerprint density at radius 1 is 0.788 bits per heavy atom. The number of nitrogens with two attached hydrogens (primary N) is 2. The summed E-state index contributed by atoms with van der Waals surface area (Å²) in [7, 11) is 0. The van der Waals surface area contributed by atoms with E-state index in [9.17, 15) is 43.8 Å². The molecule has 0 aromatic heterocycles. The zero-order valence-corrected chi connectivity index (χ0v) is 30.6. The summed E-state index contributed by atoms with van der Waals surface area (Å²) < 4.78 is 0. The summed E-state index contributed by atoms with van der Waals surface area (Å²) >= 11 is 0. The maximum Gasteiger partial charge on any atom is 0.245 e. The predicted molar refractivity (Wildman–Crippen MR) is 189 cm³/mol. The number of primary amides is 1. The Bertz CT molecular complexity index is 1480. The normalized spacial score (nSPS) is 21.0. The first-order chi connectivity index (χ1) is 24.3. The maximum atomic E-state index is 13.7. The van der Waals surface area contributed by atoms with Gasteiger partial charge in [0.25, 0.3) is 0 Å². The number of rotatable bonds is 17. The van der Waals surface area contributed by atoms with E-state index in [2.05, 4.69) is 21.3 Å². The van der Waals surface area contributed by atoms with Gasteiger partial charge in [-0.2, -0.15) is 0 Å². The van der Waals surface area contributed by atoms with E-state index in [-0.39, 0.29) is 37.6 Å². The Balaban J connectivity index is 1.73. The average Bonchev–Trinajstić information content (AvgIpc) is 3.59. The van der Waals surface area contributed by atoms with E-state index in [1.54, 1.807) is 26.0 Å². The first-order valence-electron chi connectivity index (χ1n) is 17.7. The molecule has 0 unspecified atom stereocenters. The summed E-state index contributed by atoms with van der Waals surface area (Å²) in [4.78, 5) is 94.6. The molecule has 7 amide bonds. The van der Waals surface area contributed by atoms with Crippen LogP contribution in [-0.4, -0.2) is 123 Å². The van der Waals surface area contributed by atoms with Gasteiger partial charge in [-0.05, 0) is 62.6 Å². The number of aliphatic hydroxyl groups excluding tert-OH is 1. The van der Waals surface area contributed by atoms with Gasteiger partial charge in [0, 0.05) is 19.5 Å². The molecular weight excluding hydrogens is 676 g/mol. The number of aliphatic hydroxyl groups is 1. The van der Waals surface area contributed by atoms with Crippen molar-refractivity contribution in [2.24, 2.45) is 23.3 Å². The lowest BCUT2D eigenvalue weighted by Gasteiger charge is -2.31. The van der Waals surface area contributed by atoms with E-state index in [1.807, 2.05) is 13.8 Å². The topological polar surface area (TPSA) is 267 Å². The van der Waals surface area contributed by atoms with Crippen molar-refractivity contribution in [3.8, 4) is 5.75 Å². The van der Waals surface area contributed by atoms with Gasteiger partial charge in [0.05, 0.1) is 12.1 Å². The van der Waals surface area contributed by atoms with Crippen molar-refractivity contribution in [1.82, 2.24) is 31.1 Å². The molecule has 17 heteroatoms. The van der Waals surface area contributed by atoms with Crippen LogP contribution in [0.25, 0.3) is 0 Å². The van der Waals surface area contributed by atoms with Crippen LogP contribution in [0.15, 0.2) is 24.3 Å². The molecule has 2 aliphatic rings. The fraction of sp³-hybridized carbons (Fsp3) is 0.629. The van der Waals surface area contributed by atoms with Crippen molar-refractivity contribution >= 4 is 41.4 Å². The van der Waals surface area contributed by atoms with E-state index in [0.717, 1.165) is 0 Å². The van der Waals surface area contributed by atoms with Gasteiger partial charge < -0.3 is 52.7 Å². The molecule has 1 aromatic carbocycles. The lowest BCUT2D eigenvalue weighted by molar-refractivity contribution is -0.141. The van der Waals surface area contributed by atoms with Crippen molar-refractivity contribution in [3.63, 3.8) is 0 Å². The number of nitrogens with one attached hydrogen (secondary N) is 4. The largest absolute Gasteiger partial charge is 0.508 e. The van der Waals surface area contributed by atoms with E-state index >= 15 is 0 Å². The van der Waals surface area contributed by atoms with Gasteiger partial charge in [-0.25, -0.2) is 0 Å². The SMILES string of the molecule is CC(C)C[C@H](C(=O)N[C@H](C)C(N)=O)N1CC[C@@H](NC(=O)[C@H](NC(=O)[C@H](NC(=O)[C@@H](Cc2ccc(O)cc2)N2CC[C@@H](N)C2=O)[C@@H](C)O)C(C)C)C1=O.